The maximum atomic E-state index is 12.0. The number of aromatic hydroxyl groups is 1. The minimum absolute atomic E-state index is 0.0932. The molecule has 1 aromatic rings. The fraction of sp³-hybridized carbons (Fsp3) is 0.562. The van der Waals surface area contributed by atoms with E-state index in [2.05, 4.69) is 13.8 Å². The van der Waals surface area contributed by atoms with Gasteiger partial charge in [0.25, 0.3) is 5.91 Å². The lowest BCUT2D eigenvalue weighted by Crippen LogP contribution is -2.31. The molecular formula is C16H22N2O4S. The second-order valence-corrected chi connectivity index (χ2v) is 8.13. The molecule has 1 aromatic carbocycles. The fourth-order valence-electron chi connectivity index (χ4n) is 3.67. The number of aryl methyl sites for hydroxylation is 1. The third-order valence-corrected chi connectivity index (χ3v) is 6.77. The molecule has 7 heteroatoms. The highest BCUT2D eigenvalue weighted by molar-refractivity contribution is 7.92. The molecule has 1 heterocycles. The van der Waals surface area contributed by atoms with Crippen LogP contribution in [0.5, 0.6) is 5.75 Å². The molecule has 23 heavy (non-hydrogen) atoms. The van der Waals surface area contributed by atoms with Crippen LogP contribution in [0.3, 0.4) is 0 Å². The van der Waals surface area contributed by atoms with E-state index < -0.39 is 16.1 Å². The highest BCUT2D eigenvalue weighted by Gasteiger charge is 2.37. The van der Waals surface area contributed by atoms with Gasteiger partial charge in [-0.3, -0.25) is 4.79 Å². The molecule has 0 atom stereocenters. The van der Waals surface area contributed by atoms with Gasteiger partial charge in [-0.2, -0.15) is 8.42 Å². The summed E-state index contributed by atoms with van der Waals surface area (Å²) in [6.07, 6.45) is 4.98. The van der Waals surface area contributed by atoms with Gasteiger partial charge in [0, 0.05) is 0 Å². The molecule has 6 nitrogen and oxygen atoms in total. The number of nitrogens with one attached hydrogen (secondary N) is 1. The van der Waals surface area contributed by atoms with Crippen molar-refractivity contribution in [3.8, 4) is 5.75 Å². The lowest BCUT2D eigenvalue weighted by molar-refractivity contribution is -0.117. The van der Waals surface area contributed by atoms with Crippen molar-refractivity contribution in [2.75, 3.05) is 10.8 Å². The van der Waals surface area contributed by atoms with E-state index in [0.29, 0.717) is 0 Å². The maximum absolute atomic E-state index is 12.0. The van der Waals surface area contributed by atoms with E-state index >= 15 is 0 Å². The zero-order valence-corrected chi connectivity index (χ0v) is 14.2. The molecule has 126 valence electrons. The molecule has 1 amide bonds. The Morgan fingerprint density at radius 3 is 2.52 bits per heavy atom. The first kappa shape index (κ1) is 16.1. The molecule has 0 radical (unpaired) electrons. The molecule has 0 unspecified atom stereocenters. The van der Waals surface area contributed by atoms with Gasteiger partial charge in [-0.05, 0) is 47.9 Å². The van der Waals surface area contributed by atoms with Crippen LogP contribution in [0.4, 0.5) is 5.69 Å². The number of amides is 1. The smallest absolute Gasteiger partial charge is 0.326 e. The summed E-state index contributed by atoms with van der Waals surface area (Å²) in [5, 5.41) is 10.2. The van der Waals surface area contributed by atoms with Gasteiger partial charge in [0.1, 0.15) is 12.3 Å². The Hall–Kier alpha value is -1.76. The Bertz CT molecular complexity index is 754. The first-order valence-electron chi connectivity index (χ1n) is 7.98. The average Bonchev–Trinajstić information content (AvgIpc) is 2.78. The van der Waals surface area contributed by atoms with Crippen LogP contribution < -0.4 is 9.03 Å². The van der Waals surface area contributed by atoms with E-state index in [0.717, 1.165) is 47.5 Å². The molecule has 0 saturated carbocycles. The summed E-state index contributed by atoms with van der Waals surface area (Å²) in [5.41, 5.74) is 2.56. The van der Waals surface area contributed by atoms with Gasteiger partial charge in [0.15, 0.2) is 0 Å². The number of anilines is 1. The van der Waals surface area contributed by atoms with Gasteiger partial charge in [-0.25, -0.2) is 9.03 Å². The van der Waals surface area contributed by atoms with Gasteiger partial charge in [0.05, 0.1) is 5.69 Å². The number of hydrogen-bond donors (Lipinski definition) is 2. The van der Waals surface area contributed by atoms with Crippen molar-refractivity contribution < 1.29 is 18.3 Å². The first-order chi connectivity index (χ1) is 10.8. The minimum atomic E-state index is -3.90. The number of phenols is 1. The van der Waals surface area contributed by atoms with E-state index in [1.54, 1.807) is 12.1 Å². The molecule has 1 fully saturated rings. The number of rotatable bonds is 3. The topological polar surface area (TPSA) is 86.7 Å². The van der Waals surface area contributed by atoms with Gasteiger partial charge < -0.3 is 5.11 Å². The molecule has 2 N–H and O–H groups in total. The van der Waals surface area contributed by atoms with Crippen LogP contribution >= 0.6 is 0 Å². The number of phenolic OH excluding ortho intramolecular Hbond substituents is 1. The Balaban J connectivity index is 2.04. The van der Waals surface area contributed by atoms with E-state index in [4.69, 9.17) is 0 Å². The van der Waals surface area contributed by atoms with Crippen LogP contribution in [0.1, 0.15) is 44.2 Å². The summed E-state index contributed by atoms with van der Waals surface area (Å²) in [4.78, 5) is 11.4. The lowest BCUT2D eigenvalue weighted by Gasteiger charge is -2.37. The molecule has 1 aliphatic carbocycles. The Morgan fingerprint density at radius 2 is 1.96 bits per heavy atom. The normalized spacial score (nSPS) is 21.8. The van der Waals surface area contributed by atoms with E-state index in [-0.39, 0.29) is 23.4 Å². The molecule has 2 aliphatic rings. The predicted octanol–water partition coefficient (Wildman–Crippen LogP) is 1.87. The predicted molar refractivity (Wildman–Crippen MR) is 87.6 cm³/mol. The summed E-state index contributed by atoms with van der Waals surface area (Å²) in [6, 6.07) is 3.39. The van der Waals surface area contributed by atoms with Crippen molar-refractivity contribution in [3.05, 3.63) is 23.3 Å². The highest BCUT2D eigenvalue weighted by atomic mass is 32.2. The van der Waals surface area contributed by atoms with Crippen LogP contribution in [-0.2, 0) is 27.8 Å². The summed E-state index contributed by atoms with van der Waals surface area (Å²) in [7, 11) is -3.90. The monoisotopic (exact) mass is 338 g/mol. The van der Waals surface area contributed by atoms with Crippen molar-refractivity contribution in [1.82, 2.24) is 4.72 Å². The van der Waals surface area contributed by atoms with E-state index in [9.17, 15) is 18.3 Å². The average molecular weight is 338 g/mol. The number of carbonyl (C=O) groups excluding carboxylic acids is 1. The number of fused-ring (bicyclic) bond motifs is 1. The second-order valence-electron chi connectivity index (χ2n) is 6.53. The van der Waals surface area contributed by atoms with Crippen LogP contribution in [0, 0.1) is 5.41 Å². The van der Waals surface area contributed by atoms with Crippen molar-refractivity contribution in [2.24, 2.45) is 5.41 Å². The summed E-state index contributed by atoms with van der Waals surface area (Å²) >= 11 is 0. The molecule has 3 rings (SSSR count). The maximum Gasteiger partial charge on any atom is 0.326 e. The first-order valence-corrected chi connectivity index (χ1v) is 9.42. The number of benzene rings is 1. The molecule has 0 aromatic heterocycles. The highest BCUT2D eigenvalue weighted by Crippen LogP contribution is 2.44. The zero-order valence-electron chi connectivity index (χ0n) is 13.4. The van der Waals surface area contributed by atoms with Crippen LogP contribution in [0.25, 0.3) is 0 Å². The van der Waals surface area contributed by atoms with Gasteiger partial charge in [0.2, 0.25) is 0 Å². The number of nitrogens with zero attached hydrogens (tertiary/aromatic N) is 1. The number of carbonyl (C=O) groups is 1. The SMILES string of the molecule is CCC1(CC)CCc2cc(O)c(N3CC(=O)NS3(=O)=O)cc2C1. The number of hydrogen-bond acceptors (Lipinski definition) is 4. The zero-order chi connectivity index (χ0) is 16.8. The molecule has 0 bridgehead atoms. The van der Waals surface area contributed by atoms with Crippen molar-refractivity contribution in [3.63, 3.8) is 0 Å². The molecule has 1 saturated heterocycles. The van der Waals surface area contributed by atoms with E-state index in [1.165, 1.54) is 0 Å². The van der Waals surface area contributed by atoms with Crippen LogP contribution in [-0.4, -0.2) is 26.0 Å². The quantitative estimate of drug-likeness (QED) is 0.881. The standard InChI is InChI=1S/C16H22N2O4S/c1-3-16(4-2)6-5-11-8-14(19)13(7-12(11)9-16)18-10-15(20)17-23(18,21)22/h7-8,19H,3-6,9-10H2,1-2H3,(H,17,20). The second kappa shape index (κ2) is 5.40. The van der Waals surface area contributed by atoms with Gasteiger partial charge in [-0.15, -0.1) is 0 Å². The van der Waals surface area contributed by atoms with Crippen molar-refractivity contribution >= 4 is 21.8 Å². The lowest BCUT2D eigenvalue weighted by atomic mass is 9.68. The Morgan fingerprint density at radius 1 is 1.26 bits per heavy atom. The van der Waals surface area contributed by atoms with Crippen molar-refractivity contribution in [2.45, 2.75) is 46.0 Å². The van der Waals surface area contributed by atoms with E-state index in [1.807, 2.05) is 4.72 Å². The fourth-order valence-corrected chi connectivity index (χ4v) is 4.82. The summed E-state index contributed by atoms with van der Waals surface area (Å²) in [6.45, 7) is 4.08. The van der Waals surface area contributed by atoms with Crippen molar-refractivity contribution in [1.29, 1.82) is 0 Å². The Labute approximate surface area is 136 Å². The third kappa shape index (κ3) is 2.67. The largest absolute Gasteiger partial charge is 0.506 e. The summed E-state index contributed by atoms with van der Waals surface area (Å²) in [5.74, 6) is -0.678. The van der Waals surface area contributed by atoms with Gasteiger partial charge in [-0.1, -0.05) is 26.7 Å². The van der Waals surface area contributed by atoms with Gasteiger partial charge >= 0.3 is 10.2 Å². The minimum Gasteiger partial charge on any atom is -0.506 e. The molecule has 0 spiro atoms. The molecular weight excluding hydrogens is 316 g/mol. The summed E-state index contributed by atoms with van der Waals surface area (Å²) < 4.78 is 26.9. The van der Waals surface area contributed by atoms with Crippen LogP contribution in [0.15, 0.2) is 12.1 Å². The molecule has 1 aliphatic heterocycles. The van der Waals surface area contributed by atoms with Crippen LogP contribution in [0.2, 0.25) is 0 Å². The Kier molecular flexibility index (Phi) is 3.78. The third-order valence-electron chi connectivity index (χ3n) is 5.38.